The summed E-state index contributed by atoms with van der Waals surface area (Å²) >= 11 is 5.05. The van der Waals surface area contributed by atoms with Crippen molar-refractivity contribution in [2.75, 3.05) is 13.1 Å². The van der Waals surface area contributed by atoms with Crippen molar-refractivity contribution in [1.29, 1.82) is 0 Å². The average molecular weight is 308 g/mol. The lowest BCUT2D eigenvalue weighted by molar-refractivity contribution is 0.264. The van der Waals surface area contributed by atoms with Gasteiger partial charge in [0, 0.05) is 12.1 Å². The Balaban J connectivity index is 2.06. The summed E-state index contributed by atoms with van der Waals surface area (Å²) in [5.41, 5.74) is 7.44. The molecule has 1 unspecified atom stereocenters. The Kier molecular flexibility index (Phi) is 5.71. The van der Waals surface area contributed by atoms with Gasteiger partial charge in [-0.05, 0) is 61.9 Å². The first-order chi connectivity index (χ1) is 9.97. The monoisotopic (exact) mass is 308 g/mol. The van der Waals surface area contributed by atoms with Crippen LogP contribution in [0.4, 0.5) is 4.39 Å². The molecule has 0 bridgehead atoms. The molecule has 0 spiro atoms. The van der Waals surface area contributed by atoms with Gasteiger partial charge >= 0.3 is 0 Å². The van der Waals surface area contributed by atoms with E-state index in [4.69, 9.17) is 18.0 Å². The molecule has 0 radical (unpaired) electrons. The lowest BCUT2D eigenvalue weighted by Gasteiger charge is -2.22. The molecule has 0 saturated carbocycles. The number of hydrogen-bond acceptors (Lipinski definition) is 2. The zero-order valence-corrected chi connectivity index (χ0v) is 13.8. The summed E-state index contributed by atoms with van der Waals surface area (Å²) < 4.78 is 13.4. The minimum atomic E-state index is -0.280. The van der Waals surface area contributed by atoms with E-state index < -0.39 is 0 Å². The van der Waals surface area contributed by atoms with E-state index in [1.54, 1.807) is 0 Å². The lowest BCUT2D eigenvalue weighted by Crippen LogP contribution is -2.26. The first-order valence-electron chi connectivity index (χ1n) is 7.78. The fourth-order valence-corrected chi connectivity index (χ4v) is 3.35. The van der Waals surface area contributed by atoms with Crippen LogP contribution in [0.25, 0.3) is 0 Å². The van der Waals surface area contributed by atoms with Crippen molar-refractivity contribution in [3.05, 3.63) is 35.1 Å². The van der Waals surface area contributed by atoms with Gasteiger partial charge in [-0.1, -0.05) is 32.1 Å². The third-order valence-corrected chi connectivity index (χ3v) is 4.76. The van der Waals surface area contributed by atoms with Gasteiger partial charge in [0.2, 0.25) is 0 Å². The Morgan fingerprint density at radius 2 is 2.14 bits per heavy atom. The molecule has 1 aromatic carbocycles. The van der Waals surface area contributed by atoms with E-state index in [1.165, 1.54) is 31.4 Å². The van der Waals surface area contributed by atoms with Crippen LogP contribution in [-0.4, -0.2) is 23.0 Å². The van der Waals surface area contributed by atoms with Crippen LogP contribution in [0.5, 0.6) is 0 Å². The lowest BCUT2D eigenvalue weighted by atomic mass is 9.89. The Morgan fingerprint density at radius 3 is 2.81 bits per heavy atom. The summed E-state index contributed by atoms with van der Waals surface area (Å²) in [6.07, 6.45) is 3.77. The highest BCUT2D eigenvalue weighted by atomic mass is 32.1. The number of nitrogens with two attached hydrogens (primary N) is 1. The topological polar surface area (TPSA) is 29.3 Å². The molecule has 0 aromatic heterocycles. The molecule has 4 heteroatoms. The largest absolute Gasteiger partial charge is 0.389 e. The Labute approximate surface area is 132 Å². The van der Waals surface area contributed by atoms with Gasteiger partial charge in [0.1, 0.15) is 10.8 Å². The summed E-state index contributed by atoms with van der Waals surface area (Å²) in [5.74, 6) is 1.29. The molecule has 2 nitrogen and oxygen atoms in total. The van der Waals surface area contributed by atoms with E-state index >= 15 is 0 Å². The van der Waals surface area contributed by atoms with Crippen LogP contribution < -0.4 is 5.73 Å². The van der Waals surface area contributed by atoms with E-state index in [9.17, 15) is 4.39 Å². The molecule has 1 aliphatic rings. The standard InChI is InChI=1S/C17H25FN2S/c1-12(2)13-4-3-8-20(9-7-13)11-14-5-6-15(18)10-16(14)17(19)21/h5-6,10,12-13H,3-4,7-9,11H2,1-2H3,(H2,19,21). The Morgan fingerprint density at radius 1 is 1.38 bits per heavy atom. The van der Waals surface area contributed by atoms with E-state index in [1.807, 2.05) is 6.07 Å². The summed E-state index contributed by atoms with van der Waals surface area (Å²) in [4.78, 5) is 2.72. The van der Waals surface area contributed by atoms with Gasteiger partial charge in [0.05, 0.1) is 0 Å². The first-order valence-corrected chi connectivity index (χ1v) is 8.18. The number of nitrogens with zero attached hydrogens (tertiary/aromatic N) is 1. The molecule has 0 amide bonds. The van der Waals surface area contributed by atoms with Crippen molar-refractivity contribution in [3.63, 3.8) is 0 Å². The second kappa shape index (κ2) is 7.32. The zero-order chi connectivity index (χ0) is 15.4. The normalized spacial score (nSPS) is 20.5. The molecule has 1 fully saturated rings. The molecule has 1 aromatic rings. The number of hydrogen-bond donors (Lipinski definition) is 1. The SMILES string of the molecule is CC(C)C1CCCN(Cc2ccc(F)cc2C(N)=S)CC1. The fraction of sp³-hybridized carbons (Fsp3) is 0.588. The molecule has 2 rings (SSSR count). The fourth-order valence-electron chi connectivity index (χ4n) is 3.16. The second-order valence-corrected chi connectivity index (χ2v) is 6.82. The minimum Gasteiger partial charge on any atom is -0.389 e. The summed E-state index contributed by atoms with van der Waals surface area (Å²) in [7, 11) is 0. The maximum Gasteiger partial charge on any atom is 0.123 e. The van der Waals surface area contributed by atoms with Crippen molar-refractivity contribution in [2.45, 2.75) is 39.7 Å². The second-order valence-electron chi connectivity index (χ2n) is 6.38. The highest BCUT2D eigenvalue weighted by Crippen LogP contribution is 2.25. The van der Waals surface area contributed by atoms with E-state index in [-0.39, 0.29) is 10.8 Å². The minimum absolute atomic E-state index is 0.277. The number of thiocarbonyl (C=S) groups is 1. The Bertz CT molecular complexity index is 502. The number of halogens is 1. The third kappa shape index (κ3) is 4.48. The highest BCUT2D eigenvalue weighted by Gasteiger charge is 2.20. The van der Waals surface area contributed by atoms with E-state index in [0.29, 0.717) is 5.56 Å². The third-order valence-electron chi connectivity index (χ3n) is 4.54. The maximum absolute atomic E-state index is 13.4. The zero-order valence-electron chi connectivity index (χ0n) is 12.9. The molecule has 116 valence electrons. The molecule has 21 heavy (non-hydrogen) atoms. The molecular formula is C17H25FN2S. The van der Waals surface area contributed by atoms with Gasteiger partial charge in [-0.25, -0.2) is 4.39 Å². The quantitative estimate of drug-likeness (QED) is 0.860. The van der Waals surface area contributed by atoms with Crippen LogP contribution in [0.3, 0.4) is 0 Å². The van der Waals surface area contributed by atoms with Crippen LogP contribution >= 0.6 is 12.2 Å². The number of likely N-dealkylation sites (tertiary alicyclic amines) is 1. The first kappa shape index (κ1) is 16.4. The van der Waals surface area contributed by atoms with Crippen molar-refractivity contribution in [2.24, 2.45) is 17.6 Å². The maximum atomic E-state index is 13.4. The summed E-state index contributed by atoms with van der Waals surface area (Å²) in [6.45, 7) is 7.61. The molecular weight excluding hydrogens is 283 g/mol. The molecule has 0 aliphatic carbocycles. The summed E-state index contributed by atoms with van der Waals surface area (Å²) in [6, 6.07) is 4.76. The van der Waals surface area contributed by atoms with Crippen LogP contribution in [-0.2, 0) is 6.54 Å². The van der Waals surface area contributed by atoms with Crippen molar-refractivity contribution in [3.8, 4) is 0 Å². The molecule has 1 atom stereocenters. The van der Waals surface area contributed by atoms with Gasteiger partial charge in [-0.2, -0.15) is 0 Å². The molecule has 1 heterocycles. The predicted molar refractivity (Wildman–Crippen MR) is 89.7 cm³/mol. The molecule has 1 saturated heterocycles. The predicted octanol–water partition coefficient (Wildman–Crippen LogP) is 3.72. The molecule has 2 N–H and O–H groups in total. The van der Waals surface area contributed by atoms with E-state index in [0.717, 1.165) is 37.0 Å². The summed E-state index contributed by atoms with van der Waals surface area (Å²) in [5, 5.41) is 0. The smallest absolute Gasteiger partial charge is 0.123 e. The molecule has 1 aliphatic heterocycles. The highest BCUT2D eigenvalue weighted by molar-refractivity contribution is 7.80. The van der Waals surface area contributed by atoms with Gasteiger partial charge in [0.25, 0.3) is 0 Å². The van der Waals surface area contributed by atoms with E-state index in [2.05, 4.69) is 18.7 Å². The van der Waals surface area contributed by atoms with Crippen molar-refractivity contribution in [1.82, 2.24) is 4.90 Å². The Hall–Kier alpha value is -1.00. The van der Waals surface area contributed by atoms with Crippen LogP contribution in [0, 0.1) is 17.7 Å². The van der Waals surface area contributed by atoms with Gasteiger partial charge in [-0.15, -0.1) is 0 Å². The van der Waals surface area contributed by atoms with Crippen molar-refractivity contribution >= 4 is 17.2 Å². The van der Waals surface area contributed by atoms with Crippen molar-refractivity contribution < 1.29 is 4.39 Å². The number of benzene rings is 1. The van der Waals surface area contributed by atoms with Gasteiger partial charge in [0.15, 0.2) is 0 Å². The van der Waals surface area contributed by atoms with Crippen LogP contribution in [0.2, 0.25) is 0 Å². The number of rotatable bonds is 4. The van der Waals surface area contributed by atoms with Crippen LogP contribution in [0.15, 0.2) is 18.2 Å². The van der Waals surface area contributed by atoms with Crippen LogP contribution in [0.1, 0.15) is 44.2 Å². The average Bonchev–Trinajstić information content (AvgIpc) is 2.66. The van der Waals surface area contributed by atoms with Gasteiger partial charge in [-0.3, -0.25) is 4.90 Å². The van der Waals surface area contributed by atoms with Gasteiger partial charge < -0.3 is 5.73 Å².